The third-order valence-corrected chi connectivity index (χ3v) is 4.72. The Balaban J connectivity index is 1.81. The van der Waals surface area contributed by atoms with E-state index in [1.165, 1.54) is 0 Å². The molecule has 2 aromatic rings. The number of carbonyl (C=O) groups is 1. The highest BCUT2D eigenvalue weighted by Gasteiger charge is 2.26. The zero-order valence-electron chi connectivity index (χ0n) is 15.4. The van der Waals surface area contributed by atoms with E-state index in [9.17, 15) is 4.79 Å². The van der Waals surface area contributed by atoms with Crippen LogP contribution in [0, 0.1) is 0 Å². The van der Waals surface area contributed by atoms with Crippen molar-refractivity contribution in [3.8, 4) is 5.75 Å². The average Bonchev–Trinajstić information content (AvgIpc) is 2.97. The summed E-state index contributed by atoms with van der Waals surface area (Å²) >= 11 is 0. The molecule has 0 bridgehead atoms. The van der Waals surface area contributed by atoms with Gasteiger partial charge in [-0.25, -0.2) is 0 Å². The van der Waals surface area contributed by atoms with Crippen molar-refractivity contribution in [2.45, 2.75) is 38.8 Å². The van der Waals surface area contributed by atoms with Crippen LogP contribution in [0.3, 0.4) is 0 Å². The molecule has 0 radical (unpaired) electrons. The van der Waals surface area contributed by atoms with Crippen LogP contribution in [0.2, 0.25) is 0 Å². The molecule has 0 saturated carbocycles. The van der Waals surface area contributed by atoms with Gasteiger partial charge in [-0.15, -0.1) is 0 Å². The lowest BCUT2D eigenvalue weighted by atomic mass is 10.0. The van der Waals surface area contributed by atoms with Crippen LogP contribution in [0.4, 0.5) is 0 Å². The Morgan fingerprint density at radius 2 is 2.04 bits per heavy atom. The Bertz CT molecular complexity index is 680. The van der Waals surface area contributed by atoms with E-state index in [4.69, 9.17) is 4.74 Å². The predicted molar refractivity (Wildman–Crippen MR) is 102 cm³/mol. The number of amides is 1. The van der Waals surface area contributed by atoms with Gasteiger partial charge in [-0.1, -0.05) is 6.07 Å². The van der Waals surface area contributed by atoms with Crippen molar-refractivity contribution < 1.29 is 9.53 Å². The highest BCUT2D eigenvalue weighted by atomic mass is 16.5. The van der Waals surface area contributed by atoms with Crippen molar-refractivity contribution in [3.63, 3.8) is 0 Å². The fourth-order valence-electron chi connectivity index (χ4n) is 3.37. The third kappa shape index (κ3) is 4.82. The van der Waals surface area contributed by atoms with Gasteiger partial charge in [0, 0.05) is 17.8 Å². The smallest absolute Gasteiger partial charge is 0.254 e. The first kappa shape index (κ1) is 18.4. The van der Waals surface area contributed by atoms with Gasteiger partial charge in [-0.3, -0.25) is 9.78 Å². The number of nitrogens with zero attached hydrogens (tertiary/aromatic N) is 2. The van der Waals surface area contributed by atoms with Crippen molar-refractivity contribution in [2.24, 2.45) is 0 Å². The molecule has 1 aliphatic rings. The zero-order valence-corrected chi connectivity index (χ0v) is 15.4. The van der Waals surface area contributed by atoms with Gasteiger partial charge >= 0.3 is 0 Å². The van der Waals surface area contributed by atoms with E-state index in [1.54, 1.807) is 6.20 Å². The quantitative estimate of drug-likeness (QED) is 0.866. The SMILES string of the molecule is CCOc1ccc(C(=O)N(Cc2ccccn2)C2CCCNCC2)cc1. The fraction of sp³-hybridized carbons (Fsp3) is 0.429. The molecular formula is C21H27N3O2. The summed E-state index contributed by atoms with van der Waals surface area (Å²) in [7, 11) is 0. The van der Waals surface area contributed by atoms with E-state index in [-0.39, 0.29) is 11.9 Å². The first-order valence-corrected chi connectivity index (χ1v) is 9.42. The fourth-order valence-corrected chi connectivity index (χ4v) is 3.37. The van der Waals surface area contributed by atoms with Crippen molar-refractivity contribution in [2.75, 3.05) is 19.7 Å². The van der Waals surface area contributed by atoms with Crippen LogP contribution < -0.4 is 10.1 Å². The van der Waals surface area contributed by atoms with Crippen LogP contribution in [0.15, 0.2) is 48.7 Å². The van der Waals surface area contributed by atoms with Crippen molar-refractivity contribution in [3.05, 3.63) is 59.9 Å². The second-order valence-corrected chi connectivity index (χ2v) is 6.55. The molecule has 0 spiro atoms. The number of rotatable bonds is 6. The van der Waals surface area contributed by atoms with Crippen molar-refractivity contribution >= 4 is 5.91 Å². The summed E-state index contributed by atoms with van der Waals surface area (Å²) in [5.41, 5.74) is 1.62. The van der Waals surface area contributed by atoms with Gasteiger partial charge in [0.15, 0.2) is 0 Å². The summed E-state index contributed by atoms with van der Waals surface area (Å²) in [6, 6.07) is 13.5. The van der Waals surface area contributed by atoms with Crippen LogP contribution in [-0.4, -0.2) is 41.5 Å². The molecule has 1 fully saturated rings. The molecule has 1 unspecified atom stereocenters. The molecular weight excluding hydrogens is 326 g/mol. The molecule has 0 aliphatic carbocycles. The molecule has 1 N–H and O–H groups in total. The molecule has 1 saturated heterocycles. The second kappa shape index (κ2) is 9.34. The Labute approximate surface area is 155 Å². The summed E-state index contributed by atoms with van der Waals surface area (Å²) in [5, 5.41) is 3.43. The largest absolute Gasteiger partial charge is 0.494 e. The number of nitrogens with one attached hydrogen (secondary N) is 1. The maximum atomic E-state index is 13.3. The summed E-state index contributed by atoms with van der Waals surface area (Å²) < 4.78 is 5.49. The minimum absolute atomic E-state index is 0.0607. The average molecular weight is 353 g/mol. The summed E-state index contributed by atoms with van der Waals surface area (Å²) in [6.07, 6.45) is 4.85. The van der Waals surface area contributed by atoms with Crippen LogP contribution in [0.25, 0.3) is 0 Å². The van der Waals surface area contributed by atoms with Gasteiger partial charge in [-0.05, 0) is 75.7 Å². The van der Waals surface area contributed by atoms with Gasteiger partial charge in [0.25, 0.3) is 5.91 Å². The Morgan fingerprint density at radius 1 is 1.19 bits per heavy atom. The van der Waals surface area contributed by atoms with Gasteiger partial charge in [0.05, 0.1) is 18.8 Å². The molecule has 138 valence electrons. The number of hydrogen-bond donors (Lipinski definition) is 1. The number of ether oxygens (including phenoxy) is 1. The first-order chi connectivity index (χ1) is 12.8. The van der Waals surface area contributed by atoms with E-state index in [1.807, 2.05) is 54.3 Å². The molecule has 1 atom stereocenters. The Kier molecular flexibility index (Phi) is 6.61. The molecule has 5 heteroatoms. The lowest BCUT2D eigenvalue weighted by molar-refractivity contribution is 0.0642. The molecule has 1 aromatic carbocycles. The van der Waals surface area contributed by atoms with Crippen LogP contribution in [0.1, 0.15) is 42.2 Å². The van der Waals surface area contributed by atoms with E-state index < -0.39 is 0 Å². The van der Waals surface area contributed by atoms with Crippen LogP contribution >= 0.6 is 0 Å². The van der Waals surface area contributed by atoms with Crippen molar-refractivity contribution in [1.29, 1.82) is 0 Å². The maximum absolute atomic E-state index is 13.3. The van der Waals surface area contributed by atoms with Gasteiger partial charge in [0.1, 0.15) is 5.75 Å². The summed E-state index contributed by atoms with van der Waals surface area (Å²) in [4.78, 5) is 19.7. The Morgan fingerprint density at radius 3 is 2.77 bits per heavy atom. The molecule has 1 aromatic heterocycles. The lowest BCUT2D eigenvalue weighted by Gasteiger charge is -2.31. The normalized spacial score (nSPS) is 17.3. The number of aromatic nitrogens is 1. The third-order valence-electron chi connectivity index (χ3n) is 4.72. The minimum Gasteiger partial charge on any atom is -0.494 e. The standard InChI is InChI=1S/C21H27N3O2/c1-2-26-20-10-8-17(9-11-20)21(25)24(16-18-6-3-4-14-23-18)19-7-5-13-22-15-12-19/h3-4,6,8-11,14,19,22H,2,5,7,12-13,15-16H2,1H3. The lowest BCUT2D eigenvalue weighted by Crippen LogP contribution is -2.40. The van der Waals surface area contributed by atoms with Gasteiger partial charge in [0.2, 0.25) is 0 Å². The molecule has 1 amide bonds. The summed E-state index contributed by atoms with van der Waals surface area (Å²) in [5.74, 6) is 0.851. The van der Waals surface area contributed by atoms with Crippen molar-refractivity contribution in [1.82, 2.24) is 15.2 Å². The second-order valence-electron chi connectivity index (χ2n) is 6.55. The van der Waals surface area contributed by atoms with E-state index in [0.29, 0.717) is 18.7 Å². The minimum atomic E-state index is 0.0607. The summed E-state index contributed by atoms with van der Waals surface area (Å²) in [6.45, 7) is 5.07. The molecule has 3 rings (SSSR count). The predicted octanol–water partition coefficient (Wildman–Crippen LogP) is 3.26. The highest BCUT2D eigenvalue weighted by molar-refractivity contribution is 5.94. The zero-order chi connectivity index (χ0) is 18.2. The van der Waals surface area contributed by atoms with Crippen LogP contribution in [0.5, 0.6) is 5.75 Å². The number of pyridine rings is 1. The van der Waals surface area contributed by atoms with Gasteiger partial charge in [-0.2, -0.15) is 0 Å². The van der Waals surface area contributed by atoms with Gasteiger partial charge < -0.3 is 15.0 Å². The van der Waals surface area contributed by atoms with E-state index in [2.05, 4.69) is 10.3 Å². The molecule has 2 heterocycles. The first-order valence-electron chi connectivity index (χ1n) is 9.42. The number of benzene rings is 1. The highest BCUT2D eigenvalue weighted by Crippen LogP contribution is 2.21. The maximum Gasteiger partial charge on any atom is 0.254 e. The van der Waals surface area contributed by atoms with E-state index in [0.717, 1.165) is 43.8 Å². The number of carbonyl (C=O) groups excluding carboxylic acids is 1. The topological polar surface area (TPSA) is 54.5 Å². The molecule has 26 heavy (non-hydrogen) atoms. The number of hydrogen-bond acceptors (Lipinski definition) is 4. The Hall–Kier alpha value is -2.40. The molecule has 5 nitrogen and oxygen atoms in total. The monoisotopic (exact) mass is 353 g/mol. The van der Waals surface area contributed by atoms with Crippen LogP contribution in [-0.2, 0) is 6.54 Å². The molecule has 1 aliphatic heterocycles. The van der Waals surface area contributed by atoms with E-state index >= 15 is 0 Å².